The van der Waals surface area contributed by atoms with Gasteiger partial charge >= 0.3 is 5.97 Å². The van der Waals surface area contributed by atoms with Crippen molar-refractivity contribution in [3.63, 3.8) is 0 Å². The number of hydrogen-bond donors (Lipinski definition) is 3. The van der Waals surface area contributed by atoms with Crippen LogP contribution in [0.2, 0.25) is 0 Å². The Hall–Kier alpha value is -3.26. The molecule has 0 aliphatic heterocycles. The number of esters is 1. The fourth-order valence-electron chi connectivity index (χ4n) is 3.50. The third kappa shape index (κ3) is 6.11. The maximum absolute atomic E-state index is 12.8. The number of methoxy groups -OCH3 is 1. The van der Waals surface area contributed by atoms with Gasteiger partial charge in [-0.15, -0.1) is 0 Å². The minimum absolute atomic E-state index is 0.0694. The van der Waals surface area contributed by atoms with Crippen LogP contribution in [0.1, 0.15) is 63.2 Å². The van der Waals surface area contributed by atoms with Crippen molar-refractivity contribution < 1.29 is 19.1 Å². The number of amides is 2. The van der Waals surface area contributed by atoms with Gasteiger partial charge in [0.1, 0.15) is 0 Å². The molecule has 0 bridgehead atoms. The smallest absolute Gasteiger partial charge is 0.337 e. The van der Waals surface area contributed by atoms with Gasteiger partial charge in [-0.05, 0) is 61.5 Å². The van der Waals surface area contributed by atoms with Crippen LogP contribution < -0.4 is 16.0 Å². The van der Waals surface area contributed by atoms with Crippen molar-refractivity contribution in [2.24, 2.45) is 0 Å². The first-order valence-electron chi connectivity index (χ1n) is 10.2. The van der Waals surface area contributed by atoms with Crippen molar-refractivity contribution >= 4 is 40.8 Å². The van der Waals surface area contributed by atoms with Gasteiger partial charge in [0.15, 0.2) is 5.11 Å². The van der Waals surface area contributed by atoms with Crippen molar-refractivity contribution in [3.8, 4) is 0 Å². The average molecular weight is 440 g/mol. The van der Waals surface area contributed by atoms with E-state index in [-0.39, 0.29) is 17.1 Å². The minimum Gasteiger partial charge on any atom is -0.465 e. The Balaban J connectivity index is 1.62. The molecule has 2 amide bonds. The molecule has 1 aliphatic carbocycles. The Morgan fingerprint density at radius 1 is 0.903 bits per heavy atom. The van der Waals surface area contributed by atoms with E-state index in [0.29, 0.717) is 22.4 Å². The Bertz CT molecular complexity index is 969. The van der Waals surface area contributed by atoms with E-state index in [9.17, 15) is 14.4 Å². The van der Waals surface area contributed by atoms with E-state index in [0.717, 1.165) is 25.7 Å². The molecule has 1 aliphatic rings. The summed E-state index contributed by atoms with van der Waals surface area (Å²) in [5.41, 5.74) is 1.66. The van der Waals surface area contributed by atoms with Gasteiger partial charge in [-0.1, -0.05) is 31.4 Å². The molecule has 1 saturated carbocycles. The van der Waals surface area contributed by atoms with Crippen LogP contribution in [0, 0.1) is 0 Å². The molecule has 162 valence electrons. The summed E-state index contributed by atoms with van der Waals surface area (Å²) >= 11 is 5.26. The Morgan fingerprint density at radius 3 is 2.23 bits per heavy atom. The predicted molar refractivity (Wildman–Crippen MR) is 122 cm³/mol. The monoisotopic (exact) mass is 439 g/mol. The number of benzene rings is 2. The zero-order valence-corrected chi connectivity index (χ0v) is 18.1. The molecular formula is C23H25N3O4S. The van der Waals surface area contributed by atoms with Crippen molar-refractivity contribution in [2.75, 3.05) is 12.4 Å². The molecule has 0 radical (unpaired) electrons. The van der Waals surface area contributed by atoms with Crippen molar-refractivity contribution in [1.82, 2.24) is 10.6 Å². The molecule has 2 aromatic carbocycles. The van der Waals surface area contributed by atoms with Gasteiger partial charge < -0.3 is 15.4 Å². The first-order valence-corrected chi connectivity index (χ1v) is 10.6. The maximum atomic E-state index is 12.8. The Morgan fingerprint density at radius 2 is 1.55 bits per heavy atom. The molecule has 8 heteroatoms. The highest BCUT2D eigenvalue weighted by Crippen LogP contribution is 2.20. The lowest BCUT2D eigenvalue weighted by atomic mass is 9.95. The number of carbonyl (C=O) groups excluding carboxylic acids is 3. The fourth-order valence-corrected chi connectivity index (χ4v) is 3.71. The Kier molecular flexibility index (Phi) is 7.72. The van der Waals surface area contributed by atoms with Gasteiger partial charge in [0.05, 0.1) is 23.9 Å². The summed E-state index contributed by atoms with van der Waals surface area (Å²) in [6.45, 7) is 0. The fraction of sp³-hybridized carbons (Fsp3) is 0.304. The molecule has 0 saturated heterocycles. The van der Waals surface area contributed by atoms with Crippen LogP contribution >= 0.6 is 12.2 Å². The van der Waals surface area contributed by atoms with E-state index >= 15 is 0 Å². The number of hydrogen-bond acceptors (Lipinski definition) is 5. The predicted octanol–water partition coefficient (Wildman–Crippen LogP) is 3.66. The summed E-state index contributed by atoms with van der Waals surface area (Å²) in [6.07, 6.45) is 5.45. The molecule has 0 unspecified atom stereocenters. The molecular weight excluding hydrogens is 414 g/mol. The van der Waals surface area contributed by atoms with Crippen LogP contribution in [0.3, 0.4) is 0 Å². The van der Waals surface area contributed by atoms with E-state index < -0.39 is 11.9 Å². The van der Waals surface area contributed by atoms with Gasteiger partial charge in [0.2, 0.25) is 0 Å². The third-order valence-corrected chi connectivity index (χ3v) is 5.36. The summed E-state index contributed by atoms with van der Waals surface area (Å²) in [5.74, 6) is -1.08. The van der Waals surface area contributed by atoms with Gasteiger partial charge in [-0.25, -0.2) is 4.79 Å². The van der Waals surface area contributed by atoms with Crippen LogP contribution in [0.25, 0.3) is 0 Å². The minimum atomic E-state index is -0.479. The van der Waals surface area contributed by atoms with Crippen LogP contribution in [-0.4, -0.2) is 36.0 Å². The molecule has 31 heavy (non-hydrogen) atoms. The molecule has 0 aromatic heterocycles. The van der Waals surface area contributed by atoms with E-state index in [2.05, 4.69) is 20.7 Å². The Labute approximate surface area is 186 Å². The second kappa shape index (κ2) is 10.7. The summed E-state index contributed by atoms with van der Waals surface area (Å²) in [7, 11) is 1.29. The lowest BCUT2D eigenvalue weighted by Gasteiger charge is -2.23. The van der Waals surface area contributed by atoms with Gasteiger partial charge in [0.25, 0.3) is 11.8 Å². The molecule has 3 rings (SSSR count). The van der Waals surface area contributed by atoms with Crippen LogP contribution in [0.4, 0.5) is 5.69 Å². The number of nitrogens with one attached hydrogen (secondary N) is 3. The number of ether oxygens (including phenoxy) is 1. The first kappa shape index (κ1) is 22.4. The molecule has 7 nitrogen and oxygen atoms in total. The zero-order valence-electron chi connectivity index (χ0n) is 17.3. The second-order valence-corrected chi connectivity index (χ2v) is 7.74. The average Bonchev–Trinajstić information content (AvgIpc) is 2.79. The molecule has 0 heterocycles. The summed E-state index contributed by atoms with van der Waals surface area (Å²) in [6, 6.07) is 13.2. The summed E-state index contributed by atoms with van der Waals surface area (Å²) in [4.78, 5) is 36.7. The van der Waals surface area contributed by atoms with Crippen LogP contribution in [0.5, 0.6) is 0 Å². The van der Waals surface area contributed by atoms with Gasteiger partial charge in [0, 0.05) is 11.6 Å². The highest BCUT2D eigenvalue weighted by atomic mass is 32.1. The zero-order chi connectivity index (χ0) is 22.2. The summed E-state index contributed by atoms with van der Waals surface area (Å²) in [5, 5.41) is 8.68. The lowest BCUT2D eigenvalue weighted by molar-refractivity contribution is 0.0600. The quantitative estimate of drug-likeness (QED) is 0.486. The van der Waals surface area contributed by atoms with Gasteiger partial charge in [-0.3, -0.25) is 14.9 Å². The maximum Gasteiger partial charge on any atom is 0.337 e. The normalized spacial score (nSPS) is 13.7. The highest BCUT2D eigenvalue weighted by Gasteiger charge is 2.19. The number of carbonyl (C=O) groups is 3. The van der Waals surface area contributed by atoms with E-state index in [1.54, 1.807) is 24.3 Å². The van der Waals surface area contributed by atoms with Crippen LogP contribution in [0.15, 0.2) is 48.5 Å². The second-order valence-electron chi connectivity index (χ2n) is 7.33. The first-order chi connectivity index (χ1) is 15.0. The van der Waals surface area contributed by atoms with E-state index in [1.807, 2.05) is 0 Å². The number of anilines is 1. The topological polar surface area (TPSA) is 96.5 Å². The van der Waals surface area contributed by atoms with Gasteiger partial charge in [-0.2, -0.15) is 0 Å². The van der Waals surface area contributed by atoms with Crippen molar-refractivity contribution in [3.05, 3.63) is 65.2 Å². The molecule has 0 spiro atoms. The molecule has 2 aromatic rings. The van der Waals surface area contributed by atoms with E-state index in [1.165, 1.54) is 37.8 Å². The van der Waals surface area contributed by atoms with Crippen LogP contribution in [-0.2, 0) is 4.74 Å². The largest absolute Gasteiger partial charge is 0.465 e. The summed E-state index contributed by atoms with van der Waals surface area (Å²) < 4.78 is 4.64. The number of para-hydroxylation sites is 1. The number of thiocarbonyl (C=S) groups is 1. The van der Waals surface area contributed by atoms with Crippen molar-refractivity contribution in [2.45, 2.75) is 38.1 Å². The standard InChI is InChI=1S/C23H25N3O4S/c1-30-22(29)16-13-11-15(12-14-16)20(27)26-23(31)25-19-10-6-5-9-18(19)21(28)24-17-7-3-2-4-8-17/h5-6,9-14,17H,2-4,7-8H2,1H3,(H,24,28)(H2,25,26,27,31). The number of rotatable bonds is 5. The third-order valence-electron chi connectivity index (χ3n) is 5.16. The molecule has 0 atom stereocenters. The van der Waals surface area contributed by atoms with E-state index in [4.69, 9.17) is 12.2 Å². The highest BCUT2D eigenvalue weighted by molar-refractivity contribution is 7.80. The lowest BCUT2D eigenvalue weighted by Crippen LogP contribution is -2.37. The molecule has 1 fully saturated rings. The van der Waals surface area contributed by atoms with Crippen molar-refractivity contribution in [1.29, 1.82) is 0 Å². The SMILES string of the molecule is COC(=O)c1ccc(C(=O)NC(=S)Nc2ccccc2C(=O)NC2CCCCC2)cc1. The molecule has 3 N–H and O–H groups in total.